The van der Waals surface area contributed by atoms with Gasteiger partial charge in [-0.25, -0.2) is 9.59 Å². The van der Waals surface area contributed by atoms with E-state index in [1.165, 1.54) is 44.2 Å². The van der Waals surface area contributed by atoms with Gasteiger partial charge in [-0.05, 0) is 30.3 Å². The number of hydrogen-bond acceptors (Lipinski definition) is 9. The summed E-state index contributed by atoms with van der Waals surface area (Å²) in [4.78, 5) is 38.8. The normalized spacial score (nSPS) is 10.4. The van der Waals surface area contributed by atoms with Gasteiger partial charge in [0.1, 0.15) is 0 Å². The van der Waals surface area contributed by atoms with Gasteiger partial charge in [-0.2, -0.15) is 0 Å². The molecule has 0 aliphatic carbocycles. The zero-order valence-electron chi connectivity index (χ0n) is 20.5. The van der Waals surface area contributed by atoms with E-state index in [4.69, 9.17) is 9.47 Å². The standard InChI is InChI=1S/C25H27N5O5S/c1-6-12-30-22(16-8-7-9-18(13-16)29(2)3)27-28-25(30)36-15-21(31)26-20-14-17(23(32)34-4)10-11-19(20)24(33)35-5/h6-11,13-14H,1,12,15H2,2-5H3,(H,26,31). The number of anilines is 2. The molecule has 1 heterocycles. The van der Waals surface area contributed by atoms with Crippen molar-refractivity contribution in [3.8, 4) is 11.4 Å². The Hall–Kier alpha value is -4.12. The van der Waals surface area contributed by atoms with Crippen LogP contribution in [-0.4, -0.2) is 66.7 Å². The van der Waals surface area contributed by atoms with Crippen LogP contribution in [0.15, 0.2) is 60.3 Å². The Kier molecular flexibility index (Phi) is 8.85. The predicted molar refractivity (Wildman–Crippen MR) is 138 cm³/mol. The minimum Gasteiger partial charge on any atom is -0.465 e. The van der Waals surface area contributed by atoms with E-state index in [1.54, 1.807) is 6.08 Å². The van der Waals surface area contributed by atoms with Gasteiger partial charge in [-0.15, -0.1) is 16.8 Å². The lowest BCUT2D eigenvalue weighted by atomic mass is 10.1. The monoisotopic (exact) mass is 509 g/mol. The lowest BCUT2D eigenvalue weighted by Crippen LogP contribution is -2.18. The third kappa shape index (κ3) is 6.11. The summed E-state index contributed by atoms with van der Waals surface area (Å²) in [6.45, 7) is 4.27. The van der Waals surface area contributed by atoms with Crippen molar-refractivity contribution in [2.24, 2.45) is 0 Å². The van der Waals surface area contributed by atoms with Crippen LogP contribution in [0.4, 0.5) is 11.4 Å². The molecule has 0 saturated carbocycles. The van der Waals surface area contributed by atoms with Gasteiger partial charge in [0.15, 0.2) is 11.0 Å². The molecule has 0 unspecified atom stereocenters. The van der Waals surface area contributed by atoms with Gasteiger partial charge in [0.25, 0.3) is 0 Å². The number of hydrogen-bond donors (Lipinski definition) is 1. The molecular weight excluding hydrogens is 482 g/mol. The summed E-state index contributed by atoms with van der Waals surface area (Å²) in [5, 5.41) is 11.8. The van der Waals surface area contributed by atoms with Gasteiger partial charge < -0.3 is 19.7 Å². The van der Waals surface area contributed by atoms with Crippen LogP contribution >= 0.6 is 11.8 Å². The van der Waals surface area contributed by atoms with Crippen LogP contribution in [0.25, 0.3) is 11.4 Å². The van der Waals surface area contributed by atoms with Crippen LogP contribution in [0, 0.1) is 0 Å². The number of ether oxygens (including phenoxy) is 2. The first-order valence-corrected chi connectivity index (χ1v) is 11.8. The van der Waals surface area contributed by atoms with Gasteiger partial charge in [0.2, 0.25) is 5.91 Å². The van der Waals surface area contributed by atoms with Crippen LogP contribution in [-0.2, 0) is 20.8 Å². The SMILES string of the molecule is C=CCn1c(SCC(=O)Nc2cc(C(=O)OC)ccc2C(=O)OC)nnc1-c1cccc(N(C)C)c1. The fraction of sp³-hybridized carbons (Fsp3) is 0.240. The number of aromatic nitrogens is 3. The molecule has 0 radical (unpaired) electrons. The van der Waals surface area contributed by atoms with E-state index in [0.29, 0.717) is 17.5 Å². The average Bonchev–Trinajstić information content (AvgIpc) is 3.29. The van der Waals surface area contributed by atoms with Crippen molar-refractivity contribution in [3.63, 3.8) is 0 Å². The number of thioether (sulfide) groups is 1. The first-order valence-electron chi connectivity index (χ1n) is 10.8. The lowest BCUT2D eigenvalue weighted by Gasteiger charge is -2.14. The largest absolute Gasteiger partial charge is 0.465 e. The smallest absolute Gasteiger partial charge is 0.339 e. The van der Waals surface area contributed by atoms with Crippen LogP contribution in [0.1, 0.15) is 20.7 Å². The summed E-state index contributed by atoms with van der Waals surface area (Å²) < 4.78 is 11.4. The Labute approximate surface area is 213 Å². The third-order valence-corrected chi connectivity index (χ3v) is 6.07. The molecule has 36 heavy (non-hydrogen) atoms. The fourth-order valence-corrected chi connectivity index (χ4v) is 4.07. The van der Waals surface area contributed by atoms with Crippen molar-refractivity contribution in [1.29, 1.82) is 0 Å². The molecule has 1 aromatic heterocycles. The highest BCUT2D eigenvalue weighted by atomic mass is 32.2. The summed E-state index contributed by atoms with van der Waals surface area (Å²) in [5.41, 5.74) is 2.34. The summed E-state index contributed by atoms with van der Waals surface area (Å²) in [5.74, 6) is -1.02. The second kappa shape index (κ2) is 12.0. The molecule has 0 bridgehead atoms. The number of methoxy groups -OCH3 is 2. The summed E-state index contributed by atoms with van der Waals surface area (Å²) >= 11 is 1.19. The highest BCUT2D eigenvalue weighted by molar-refractivity contribution is 7.99. The van der Waals surface area contributed by atoms with Crippen LogP contribution in [0.5, 0.6) is 0 Å². The Morgan fingerprint density at radius 3 is 2.50 bits per heavy atom. The maximum atomic E-state index is 12.8. The second-order valence-corrected chi connectivity index (χ2v) is 8.67. The molecule has 0 aliphatic heterocycles. The van der Waals surface area contributed by atoms with E-state index in [2.05, 4.69) is 22.1 Å². The van der Waals surface area contributed by atoms with Crippen LogP contribution < -0.4 is 10.2 Å². The van der Waals surface area contributed by atoms with Gasteiger partial charge >= 0.3 is 11.9 Å². The van der Waals surface area contributed by atoms with E-state index in [9.17, 15) is 14.4 Å². The minimum atomic E-state index is -0.648. The maximum absolute atomic E-state index is 12.8. The molecule has 1 N–H and O–H groups in total. The number of allylic oxidation sites excluding steroid dienone is 1. The third-order valence-electron chi connectivity index (χ3n) is 5.10. The van der Waals surface area contributed by atoms with Gasteiger partial charge in [0, 0.05) is 31.9 Å². The molecule has 10 nitrogen and oxygen atoms in total. The van der Waals surface area contributed by atoms with Crippen molar-refractivity contribution < 1.29 is 23.9 Å². The highest BCUT2D eigenvalue weighted by Gasteiger charge is 2.19. The Balaban J connectivity index is 1.81. The maximum Gasteiger partial charge on any atom is 0.339 e. The van der Waals surface area contributed by atoms with Crippen molar-refractivity contribution in [2.75, 3.05) is 44.3 Å². The number of carbonyl (C=O) groups excluding carboxylic acids is 3. The molecule has 0 fully saturated rings. The number of carbonyl (C=O) groups is 3. The molecule has 0 saturated heterocycles. The molecule has 0 spiro atoms. The van der Waals surface area contributed by atoms with Crippen molar-refractivity contribution in [3.05, 3.63) is 66.2 Å². The first kappa shape index (κ1) is 26.5. The second-order valence-electron chi connectivity index (χ2n) is 7.73. The van der Waals surface area contributed by atoms with Gasteiger partial charge in [0.05, 0.1) is 36.8 Å². The summed E-state index contributed by atoms with van der Waals surface area (Å²) in [6, 6.07) is 12.1. The van der Waals surface area contributed by atoms with E-state index < -0.39 is 17.8 Å². The molecule has 11 heteroatoms. The predicted octanol–water partition coefficient (Wildman–Crippen LogP) is 3.50. The summed E-state index contributed by atoms with van der Waals surface area (Å²) in [7, 11) is 6.39. The number of amides is 1. The molecule has 1 amide bonds. The molecule has 3 rings (SSSR count). The zero-order valence-corrected chi connectivity index (χ0v) is 21.3. The average molecular weight is 510 g/mol. The number of esters is 2. The lowest BCUT2D eigenvalue weighted by molar-refractivity contribution is -0.113. The fourth-order valence-electron chi connectivity index (χ4n) is 3.32. The first-order chi connectivity index (χ1) is 17.3. The topological polar surface area (TPSA) is 116 Å². The van der Waals surface area contributed by atoms with Crippen LogP contribution in [0.2, 0.25) is 0 Å². The van der Waals surface area contributed by atoms with E-state index in [0.717, 1.165) is 11.3 Å². The van der Waals surface area contributed by atoms with Crippen LogP contribution in [0.3, 0.4) is 0 Å². The van der Waals surface area contributed by atoms with Gasteiger partial charge in [-0.1, -0.05) is 30.0 Å². The summed E-state index contributed by atoms with van der Waals surface area (Å²) in [6.07, 6.45) is 1.73. The Morgan fingerprint density at radius 2 is 1.83 bits per heavy atom. The molecule has 3 aromatic rings. The molecular formula is C25H27N5O5S. The van der Waals surface area contributed by atoms with Crippen molar-refractivity contribution >= 4 is 41.0 Å². The number of rotatable bonds is 10. The van der Waals surface area contributed by atoms with E-state index in [-0.39, 0.29) is 22.6 Å². The number of nitrogens with zero attached hydrogens (tertiary/aromatic N) is 4. The quantitative estimate of drug-likeness (QED) is 0.249. The Morgan fingerprint density at radius 1 is 1.08 bits per heavy atom. The number of benzene rings is 2. The van der Waals surface area contributed by atoms with Crippen molar-refractivity contribution in [1.82, 2.24) is 14.8 Å². The van der Waals surface area contributed by atoms with Gasteiger partial charge in [-0.3, -0.25) is 9.36 Å². The van der Waals surface area contributed by atoms with E-state index in [1.807, 2.05) is 47.8 Å². The molecule has 0 aliphatic rings. The highest BCUT2D eigenvalue weighted by Crippen LogP contribution is 2.27. The van der Waals surface area contributed by atoms with E-state index >= 15 is 0 Å². The minimum absolute atomic E-state index is 0.0178. The van der Waals surface area contributed by atoms with Crippen molar-refractivity contribution in [2.45, 2.75) is 11.7 Å². The Bertz CT molecular complexity index is 1290. The molecule has 2 aromatic carbocycles. The molecule has 0 atom stereocenters. The zero-order chi connectivity index (χ0) is 26.2. The molecule has 188 valence electrons. The number of nitrogens with one attached hydrogen (secondary N) is 1.